The minimum Gasteiger partial charge on any atom is -0.486 e. The van der Waals surface area contributed by atoms with Crippen LogP contribution in [0.5, 0.6) is 5.75 Å². The zero-order chi connectivity index (χ0) is 22.3. The minimum atomic E-state index is -0.504. The van der Waals surface area contributed by atoms with E-state index in [4.69, 9.17) is 9.15 Å². The highest BCUT2D eigenvalue weighted by Crippen LogP contribution is 2.18. The Kier molecular flexibility index (Phi) is 6.26. The Hall–Kier alpha value is -4.40. The number of carbonyl (C=O) groups excluding carboxylic acids is 2. The van der Waals surface area contributed by atoms with E-state index in [0.717, 1.165) is 5.75 Å². The van der Waals surface area contributed by atoms with Crippen LogP contribution in [0.15, 0.2) is 83.8 Å². The molecular formula is C23H21N5O4. The monoisotopic (exact) mass is 431 g/mol. The molecule has 2 aromatic carbocycles. The number of hydrogen-bond donors (Lipinski definition) is 2. The van der Waals surface area contributed by atoms with Crippen LogP contribution in [-0.4, -0.2) is 26.6 Å². The number of ether oxygens (including phenoxy) is 1. The van der Waals surface area contributed by atoms with Gasteiger partial charge in [0.15, 0.2) is 5.76 Å². The van der Waals surface area contributed by atoms with Gasteiger partial charge in [-0.25, -0.2) is 9.67 Å². The van der Waals surface area contributed by atoms with Gasteiger partial charge in [-0.2, -0.15) is 5.10 Å². The van der Waals surface area contributed by atoms with Gasteiger partial charge in [-0.1, -0.05) is 18.2 Å². The molecule has 2 N–H and O–H groups in total. The number of carbonyl (C=O) groups is 2. The predicted molar refractivity (Wildman–Crippen MR) is 117 cm³/mol. The van der Waals surface area contributed by atoms with Crippen molar-refractivity contribution in [1.82, 2.24) is 14.8 Å². The lowest BCUT2D eigenvalue weighted by Crippen LogP contribution is -2.24. The van der Waals surface area contributed by atoms with Gasteiger partial charge in [-0.3, -0.25) is 9.59 Å². The molecule has 2 amide bonds. The molecule has 32 heavy (non-hydrogen) atoms. The molecule has 162 valence electrons. The van der Waals surface area contributed by atoms with Crippen molar-refractivity contribution in [3.8, 4) is 5.75 Å². The molecule has 9 nitrogen and oxygen atoms in total. The summed E-state index contributed by atoms with van der Waals surface area (Å²) in [6.07, 6.45) is 2.86. The van der Waals surface area contributed by atoms with E-state index in [-0.39, 0.29) is 24.2 Å². The van der Waals surface area contributed by atoms with Crippen LogP contribution in [0.2, 0.25) is 0 Å². The van der Waals surface area contributed by atoms with Crippen LogP contribution in [0.4, 0.5) is 11.4 Å². The Balaban J connectivity index is 1.30. The fraction of sp³-hybridized carbons (Fsp3) is 0.130. The predicted octanol–water partition coefficient (Wildman–Crippen LogP) is 3.90. The summed E-state index contributed by atoms with van der Waals surface area (Å²) >= 11 is 0. The van der Waals surface area contributed by atoms with Gasteiger partial charge in [0, 0.05) is 11.4 Å². The van der Waals surface area contributed by atoms with Crippen molar-refractivity contribution in [3.63, 3.8) is 0 Å². The van der Waals surface area contributed by atoms with Crippen LogP contribution in [0.1, 0.15) is 29.3 Å². The second-order valence-corrected chi connectivity index (χ2v) is 6.94. The fourth-order valence-corrected chi connectivity index (χ4v) is 2.86. The highest BCUT2D eigenvalue weighted by Gasteiger charge is 2.16. The Labute approximate surface area is 184 Å². The van der Waals surface area contributed by atoms with Gasteiger partial charge in [0.1, 0.15) is 36.8 Å². The Morgan fingerprint density at radius 3 is 2.41 bits per heavy atom. The number of nitrogens with one attached hydrogen (secondary N) is 2. The quantitative estimate of drug-likeness (QED) is 0.438. The van der Waals surface area contributed by atoms with Gasteiger partial charge >= 0.3 is 0 Å². The first-order valence-electron chi connectivity index (χ1n) is 9.91. The van der Waals surface area contributed by atoms with Crippen molar-refractivity contribution in [3.05, 3.63) is 90.9 Å². The van der Waals surface area contributed by atoms with Gasteiger partial charge in [0.05, 0.1) is 0 Å². The number of hydrogen-bond acceptors (Lipinski definition) is 6. The number of para-hydroxylation sites is 1. The van der Waals surface area contributed by atoms with Crippen LogP contribution in [-0.2, 0) is 11.4 Å². The zero-order valence-corrected chi connectivity index (χ0v) is 17.3. The van der Waals surface area contributed by atoms with Crippen molar-refractivity contribution in [2.24, 2.45) is 0 Å². The summed E-state index contributed by atoms with van der Waals surface area (Å²) in [4.78, 5) is 28.6. The smallest absolute Gasteiger partial charge is 0.291 e. The Morgan fingerprint density at radius 1 is 1.00 bits per heavy atom. The second-order valence-electron chi connectivity index (χ2n) is 6.94. The number of rotatable bonds is 8. The van der Waals surface area contributed by atoms with Gasteiger partial charge in [-0.05, 0) is 55.5 Å². The summed E-state index contributed by atoms with van der Waals surface area (Å²) in [5, 5.41) is 9.53. The summed E-state index contributed by atoms with van der Waals surface area (Å²) in [5.41, 5.74) is 1.16. The van der Waals surface area contributed by atoms with E-state index in [2.05, 4.69) is 20.7 Å². The summed E-state index contributed by atoms with van der Waals surface area (Å²) < 4.78 is 12.7. The van der Waals surface area contributed by atoms with Crippen LogP contribution in [0.25, 0.3) is 0 Å². The van der Waals surface area contributed by atoms with Crippen molar-refractivity contribution >= 4 is 23.2 Å². The molecule has 1 atom stereocenters. The molecular weight excluding hydrogens is 410 g/mol. The molecule has 2 heterocycles. The second kappa shape index (κ2) is 9.61. The van der Waals surface area contributed by atoms with Gasteiger partial charge in [0.2, 0.25) is 5.91 Å². The molecule has 0 bridgehead atoms. The molecule has 1 unspecified atom stereocenters. The highest BCUT2D eigenvalue weighted by atomic mass is 16.5. The maximum absolute atomic E-state index is 12.5. The van der Waals surface area contributed by atoms with E-state index in [0.29, 0.717) is 17.1 Å². The Morgan fingerprint density at radius 2 is 1.72 bits per heavy atom. The Bertz CT molecular complexity index is 1170. The van der Waals surface area contributed by atoms with E-state index in [1.165, 1.54) is 17.3 Å². The molecule has 4 aromatic rings. The first-order valence-corrected chi connectivity index (χ1v) is 9.91. The zero-order valence-electron chi connectivity index (χ0n) is 17.3. The molecule has 0 spiro atoms. The van der Waals surface area contributed by atoms with Crippen LogP contribution >= 0.6 is 0 Å². The van der Waals surface area contributed by atoms with E-state index in [1.807, 2.05) is 30.3 Å². The molecule has 9 heteroatoms. The summed E-state index contributed by atoms with van der Waals surface area (Å²) in [7, 11) is 0. The average molecular weight is 431 g/mol. The summed E-state index contributed by atoms with van der Waals surface area (Å²) in [6.45, 7) is 1.94. The maximum Gasteiger partial charge on any atom is 0.291 e. The topological polar surface area (TPSA) is 111 Å². The average Bonchev–Trinajstić information content (AvgIpc) is 3.52. The SMILES string of the molecule is CC(C(=O)Nc1ccc(NC(=O)c2ccc(COc3ccccc3)o2)cc1)n1cncn1. The summed E-state index contributed by atoms with van der Waals surface area (Å²) in [5.74, 6) is 0.827. The van der Waals surface area contributed by atoms with Gasteiger partial charge < -0.3 is 19.8 Å². The fourth-order valence-electron chi connectivity index (χ4n) is 2.86. The first kappa shape index (κ1) is 20.9. The highest BCUT2D eigenvalue weighted by molar-refractivity contribution is 6.02. The third kappa shape index (κ3) is 5.20. The number of anilines is 2. The summed E-state index contributed by atoms with van der Waals surface area (Å²) in [6, 6.07) is 18.9. The van der Waals surface area contributed by atoms with E-state index >= 15 is 0 Å². The lowest BCUT2D eigenvalue weighted by molar-refractivity contribution is -0.119. The van der Waals surface area contributed by atoms with Crippen LogP contribution < -0.4 is 15.4 Å². The van der Waals surface area contributed by atoms with Crippen molar-refractivity contribution in [2.75, 3.05) is 10.6 Å². The molecule has 2 aromatic heterocycles. The molecule has 0 fully saturated rings. The van der Waals surface area contributed by atoms with E-state index in [1.54, 1.807) is 43.3 Å². The molecule has 0 saturated carbocycles. The third-order valence-corrected chi connectivity index (χ3v) is 4.63. The van der Waals surface area contributed by atoms with Crippen LogP contribution in [0.3, 0.4) is 0 Å². The van der Waals surface area contributed by atoms with Crippen molar-refractivity contribution in [2.45, 2.75) is 19.6 Å². The number of aromatic nitrogens is 3. The van der Waals surface area contributed by atoms with Crippen molar-refractivity contribution < 1.29 is 18.7 Å². The molecule has 0 aliphatic rings. The minimum absolute atomic E-state index is 0.177. The van der Waals surface area contributed by atoms with E-state index < -0.39 is 6.04 Å². The van der Waals surface area contributed by atoms with E-state index in [9.17, 15) is 9.59 Å². The van der Waals surface area contributed by atoms with Crippen molar-refractivity contribution in [1.29, 1.82) is 0 Å². The lowest BCUT2D eigenvalue weighted by atomic mass is 10.2. The largest absolute Gasteiger partial charge is 0.486 e. The number of nitrogens with zero attached hydrogens (tertiary/aromatic N) is 3. The molecule has 0 saturated heterocycles. The first-order chi connectivity index (χ1) is 15.6. The van der Waals surface area contributed by atoms with Gasteiger partial charge in [-0.15, -0.1) is 0 Å². The van der Waals surface area contributed by atoms with Gasteiger partial charge in [0.25, 0.3) is 5.91 Å². The van der Waals surface area contributed by atoms with Crippen LogP contribution in [0, 0.1) is 0 Å². The maximum atomic E-state index is 12.5. The lowest BCUT2D eigenvalue weighted by Gasteiger charge is -2.12. The molecule has 0 radical (unpaired) electrons. The molecule has 0 aliphatic carbocycles. The molecule has 4 rings (SSSR count). The third-order valence-electron chi connectivity index (χ3n) is 4.63. The standard InChI is InChI=1S/C23H21N5O4/c1-16(28-15-24-14-25-28)22(29)26-17-7-9-18(10-8-17)27-23(30)21-12-11-20(32-21)13-31-19-5-3-2-4-6-19/h2-12,14-16H,13H2,1H3,(H,26,29)(H,27,30). The number of furan rings is 1. The normalized spacial score (nSPS) is 11.5. The molecule has 0 aliphatic heterocycles. The number of amides is 2. The number of benzene rings is 2.